The third kappa shape index (κ3) is 3.52. The van der Waals surface area contributed by atoms with E-state index in [1.54, 1.807) is 24.3 Å². The van der Waals surface area contributed by atoms with Crippen LogP contribution in [0.1, 0.15) is 18.6 Å². The lowest BCUT2D eigenvalue weighted by Gasteiger charge is -2.28. The van der Waals surface area contributed by atoms with E-state index >= 15 is 0 Å². The first-order valence-corrected chi connectivity index (χ1v) is 5.99. The SMILES string of the molecule is CC(=O)Nc1ccc([C@@H](O)[C@H]2COCC(=O)N2)cc1. The van der Waals surface area contributed by atoms with Gasteiger partial charge in [0.05, 0.1) is 12.6 Å². The van der Waals surface area contributed by atoms with E-state index in [9.17, 15) is 14.7 Å². The second-order valence-corrected chi connectivity index (χ2v) is 4.44. The fourth-order valence-electron chi connectivity index (χ4n) is 1.94. The molecule has 6 heteroatoms. The second-order valence-electron chi connectivity index (χ2n) is 4.44. The van der Waals surface area contributed by atoms with E-state index in [0.29, 0.717) is 11.3 Å². The Bertz CT molecular complexity index is 472. The Labute approximate surface area is 110 Å². The highest BCUT2D eigenvalue weighted by Crippen LogP contribution is 2.20. The molecule has 1 heterocycles. The van der Waals surface area contributed by atoms with Crippen molar-refractivity contribution in [2.75, 3.05) is 18.5 Å². The van der Waals surface area contributed by atoms with Crippen molar-refractivity contribution in [2.45, 2.75) is 19.1 Å². The third-order valence-electron chi connectivity index (χ3n) is 2.83. The van der Waals surface area contributed by atoms with E-state index in [-0.39, 0.29) is 25.0 Å². The van der Waals surface area contributed by atoms with Crippen LogP contribution in [-0.4, -0.2) is 36.2 Å². The second kappa shape index (κ2) is 5.81. The molecule has 2 rings (SSSR count). The smallest absolute Gasteiger partial charge is 0.246 e. The quantitative estimate of drug-likeness (QED) is 0.727. The maximum absolute atomic E-state index is 11.2. The summed E-state index contributed by atoms with van der Waals surface area (Å²) < 4.78 is 5.08. The van der Waals surface area contributed by atoms with E-state index in [1.165, 1.54) is 6.92 Å². The lowest BCUT2D eigenvalue weighted by atomic mass is 10.0. The number of carbonyl (C=O) groups excluding carboxylic acids is 2. The standard InChI is InChI=1S/C13H16N2O4/c1-8(16)14-10-4-2-9(3-5-10)13(18)11-6-19-7-12(17)15-11/h2-5,11,13,18H,6-7H2,1H3,(H,14,16)(H,15,17)/t11-,13-/m1/s1. The van der Waals surface area contributed by atoms with Gasteiger partial charge in [-0.25, -0.2) is 0 Å². The molecule has 1 aliphatic rings. The zero-order valence-corrected chi connectivity index (χ0v) is 10.6. The average molecular weight is 264 g/mol. The van der Waals surface area contributed by atoms with Crippen LogP contribution in [0.3, 0.4) is 0 Å². The van der Waals surface area contributed by atoms with Gasteiger partial charge in [-0.2, -0.15) is 0 Å². The molecule has 1 aliphatic heterocycles. The molecule has 0 saturated carbocycles. The first kappa shape index (κ1) is 13.5. The van der Waals surface area contributed by atoms with Gasteiger partial charge in [-0.05, 0) is 17.7 Å². The minimum Gasteiger partial charge on any atom is -0.386 e. The number of rotatable bonds is 3. The lowest BCUT2D eigenvalue weighted by Crippen LogP contribution is -2.48. The molecule has 1 aromatic carbocycles. The van der Waals surface area contributed by atoms with Crippen LogP contribution in [0.4, 0.5) is 5.69 Å². The van der Waals surface area contributed by atoms with Gasteiger partial charge in [0, 0.05) is 12.6 Å². The number of anilines is 1. The number of ether oxygens (including phenoxy) is 1. The molecule has 0 aromatic heterocycles. The molecule has 1 aromatic rings. The van der Waals surface area contributed by atoms with E-state index in [1.807, 2.05) is 0 Å². The number of hydrogen-bond acceptors (Lipinski definition) is 4. The first-order chi connectivity index (χ1) is 9.06. The predicted molar refractivity (Wildman–Crippen MR) is 68.5 cm³/mol. The zero-order valence-electron chi connectivity index (χ0n) is 10.6. The van der Waals surface area contributed by atoms with Crippen LogP contribution in [-0.2, 0) is 14.3 Å². The molecule has 0 aliphatic carbocycles. The summed E-state index contributed by atoms with van der Waals surface area (Å²) in [5.41, 5.74) is 1.32. The highest BCUT2D eigenvalue weighted by Gasteiger charge is 2.26. The van der Waals surface area contributed by atoms with Crippen molar-refractivity contribution in [3.8, 4) is 0 Å². The number of carbonyl (C=O) groups is 2. The predicted octanol–water partition coefficient (Wildman–Crippen LogP) is 0.193. The van der Waals surface area contributed by atoms with E-state index in [2.05, 4.69) is 10.6 Å². The Hall–Kier alpha value is -1.92. The summed E-state index contributed by atoms with van der Waals surface area (Å²) in [6.07, 6.45) is -0.837. The zero-order chi connectivity index (χ0) is 13.8. The Kier molecular flexibility index (Phi) is 4.13. The molecule has 102 valence electrons. The van der Waals surface area contributed by atoms with Crippen molar-refractivity contribution >= 4 is 17.5 Å². The van der Waals surface area contributed by atoms with Gasteiger partial charge in [0.25, 0.3) is 0 Å². The Morgan fingerprint density at radius 1 is 1.47 bits per heavy atom. The summed E-state index contributed by atoms with van der Waals surface area (Å²) in [7, 11) is 0. The summed E-state index contributed by atoms with van der Waals surface area (Å²) in [5, 5.41) is 15.5. The topological polar surface area (TPSA) is 87.7 Å². The van der Waals surface area contributed by atoms with Crippen molar-refractivity contribution in [3.05, 3.63) is 29.8 Å². The fraction of sp³-hybridized carbons (Fsp3) is 0.385. The molecule has 2 atom stereocenters. The van der Waals surface area contributed by atoms with Gasteiger partial charge in [0.15, 0.2) is 0 Å². The number of morpholine rings is 1. The van der Waals surface area contributed by atoms with Crippen molar-refractivity contribution in [1.29, 1.82) is 0 Å². The van der Waals surface area contributed by atoms with Crippen molar-refractivity contribution in [2.24, 2.45) is 0 Å². The fourth-order valence-corrected chi connectivity index (χ4v) is 1.94. The molecule has 6 nitrogen and oxygen atoms in total. The van der Waals surface area contributed by atoms with Gasteiger partial charge in [-0.3, -0.25) is 9.59 Å². The van der Waals surface area contributed by atoms with E-state index < -0.39 is 12.1 Å². The lowest BCUT2D eigenvalue weighted by molar-refractivity contribution is -0.133. The summed E-state index contributed by atoms with van der Waals surface area (Å²) in [5.74, 6) is -0.383. The molecule has 0 radical (unpaired) electrons. The monoisotopic (exact) mass is 264 g/mol. The average Bonchev–Trinajstić information content (AvgIpc) is 2.38. The maximum atomic E-state index is 11.2. The molecule has 0 spiro atoms. The van der Waals surface area contributed by atoms with Gasteiger partial charge in [0.1, 0.15) is 12.7 Å². The molecule has 2 amide bonds. The van der Waals surface area contributed by atoms with Crippen LogP contribution < -0.4 is 10.6 Å². The van der Waals surface area contributed by atoms with Gasteiger partial charge in [-0.15, -0.1) is 0 Å². The molecule has 0 bridgehead atoms. The first-order valence-electron chi connectivity index (χ1n) is 5.99. The molecular formula is C13H16N2O4. The van der Waals surface area contributed by atoms with Crippen LogP contribution in [0.2, 0.25) is 0 Å². The van der Waals surface area contributed by atoms with E-state index in [0.717, 1.165) is 0 Å². The minimum absolute atomic E-state index is 0.0324. The van der Waals surface area contributed by atoms with Crippen molar-refractivity contribution < 1.29 is 19.4 Å². The van der Waals surface area contributed by atoms with Crippen molar-refractivity contribution in [3.63, 3.8) is 0 Å². The van der Waals surface area contributed by atoms with E-state index in [4.69, 9.17) is 4.74 Å². The van der Waals surface area contributed by atoms with Gasteiger partial charge >= 0.3 is 0 Å². The molecule has 3 N–H and O–H groups in total. The largest absolute Gasteiger partial charge is 0.386 e. The van der Waals surface area contributed by atoms with Crippen molar-refractivity contribution in [1.82, 2.24) is 5.32 Å². The molecule has 1 saturated heterocycles. The summed E-state index contributed by atoms with van der Waals surface area (Å²) >= 11 is 0. The highest BCUT2D eigenvalue weighted by molar-refractivity contribution is 5.88. The number of amides is 2. The number of benzene rings is 1. The Morgan fingerprint density at radius 2 is 2.16 bits per heavy atom. The van der Waals surface area contributed by atoms with Crippen LogP contribution in [0, 0.1) is 0 Å². The molecule has 1 fully saturated rings. The third-order valence-corrected chi connectivity index (χ3v) is 2.83. The van der Waals surface area contributed by atoms with Gasteiger partial charge in [0.2, 0.25) is 11.8 Å². The number of aliphatic hydroxyl groups is 1. The molecule has 0 unspecified atom stereocenters. The number of aliphatic hydroxyl groups excluding tert-OH is 1. The van der Waals surface area contributed by atoms with Gasteiger partial charge in [-0.1, -0.05) is 12.1 Å². The molecule has 19 heavy (non-hydrogen) atoms. The summed E-state index contributed by atoms with van der Waals surface area (Å²) in [4.78, 5) is 22.1. The molecular weight excluding hydrogens is 248 g/mol. The maximum Gasteiger partial charge on any atom is 0.246 e. The van der Waals surface area contributed by atoms with Gasteiger partial charge < -0.3 is 20.5 Å². The summed E-state index contributed by atoms with van der Waals surface area (Å²) in [6, 6.07) is 6.36. The van der Waals surface area contributed by atoms with Crippen LogP contribution in [0.25, 0.3) is 0 Å². The summed E-state index contributed by atoms with van der Waals surface area (Å²) in [6.45, 7) is 1.74. The highest BCUT2D eigenvalue weighted by atomic mass is 16.5. The van der Waals surface area contributed by atoms with Crippen LogP contribution in [0.5, 0.6) is 0 Å². The Morgan fingerprint density at radius 3 is 2.74 bits per heavy atom. The van der Waals surface area contributed by atoms with Crippen LogP contribution >= 0.6 is 0 Å². The van der Waals surface area contributed by atoms with Crippen LogP contribution in [0.15, 0.2) is 24.3 Å². The minimum atomic E-state index is -0.837. The Balaban J connectivity index is 2.04. The number of hydrogen-bond donors (Lipinski definition) is 3. The number of nitrogens with one attached hydrogen (secondary N) is 2. The normalized spacial score (nSPS) is 20.5.